The fourth-order valence-corrected chi connectivity index (χ4v) is 1.71. The molecule has 1 heterocycles. The molecule has 0 aliphatic carbocycles. The van der Waals surface area contributed by atoms with Crippen LogP contribution in [-0.4, -0.2) is 35.4 Å². The number of nitrogens with two attached hydrogens (primary N) is 1. The van der Waals surface area contributed by atoms with E-state index in [4.69, 9.17) is 18.0 Å². The van der Waals surface area contributed by atoms with Crippen LogP contribution in [0.1, 0.15) is 20.3 Å². The predicted molar refractivity (Wildman–Crippen MR) is 63.2 cm³/mol. The summed E-state index contributed by atoms with van der Waals surface area (Å²) in [5, 5.41) is 4.46. The van der Waals surface area contributed by atoms with Crippen molar-refractivity contribution >= 4 is 23.0 Å². The van der Waals surface area contributed by atoms with E-state index in [1.165, 1.54) is 0 Å². The Balaban J connectivity index is 2.60. The largest absolute Gasteiger partial charge is 0.375 e. The van der Waals surface area contributed by atoms with Crippen LogP contribution in [0.25, 0.3) is 0 Å². The van der Waals surface area contributed by atoms with Gasteiger partial charge in [-0.3, -0.25) is 5.43 Å². The molecule has 0 amide bonds. The summed E-state index contributed by atoms with van der Waals surface area (Å²) in [5.41, 5.74) is 9.14. The number of hydrazone groups is 1. The first-order chi connectivity index (χ1) is 6.50. The second-order valence-corrected chi connectivity index (χ2v) is 4.41. The number of thiocarbonyl (C=S) groups is 1. The van der Waals surface area contributed by atoms with Gasteiger partial charge in [-0.1, -0.05) is 6.92 Å². The summed E-state index contributed by atoms with van der Waals surface area (Å²) in [6.45, 7) is 5.41. The summed E-state index contributed by atoms with van der Waals surface area (Å²) < 4.78 is 0. The highest BCUT2D eigenvalue weighted by molar-refractivity contribution is 7.80. The van der Waals surface area contributed by atoms with Gasteiger partial charge in [0, 0.05) is 30.6 Å². The minimum atomic E-state index is 0.233. The lowest BCUT2D eigenvalue weighted by Crippen LogP contribution is -2.44. The number of nitrogens with one attached hydrogen (secondary N) is 1. The molecule has 1 aliphatic heterocycles. The summed E-state index contributed by atoms with van der Waals surface area (Å²) >= 11 is 4.70. The Bertz CT molecular complexity index is 251. The zero-order chi connectivity index (χ0) is 10.7. The van der Waals surface area contributed by atoms with Crippen molar-refractivity contribution in [3.8, 4) is 0 Å². The van der Waals surface area contributed by atoms with E-state index in [0.717, 1.165) is 18.7 Å². The van der Waals surface area contributed by atoms with Gasteiger partial charge in [-0.2, -0.15) is 5.10 Å². The Labute approximate surface area is 90.5 Å². The number of nitrogens with zero attached hydrogens (tertiary/aromatic N) is 2. The second-order valence-electron chi connectivity index (χ2n) is 3.97. The predicted octanol–water partition coefficient (Wildman–Crippen LogP) is 0.536. The van der Waals surface area contributed by atoms with Crippen molar-refractivity contribution in [3.63, 3.8) is 0 Å². The minimum Gasteiger partial charge on any atom is -0.375 e. The molecule has 0 bridgehead atoms. The van der Waals surface area contributed by atoms with Crippen molar-refractivity contribution in [2.24, 2.45) is 16.8 Å². The Morgan fingerprint density at radius 2 is 2.29 bits per heavy atom. The molecule has 3 N–H and O–H groups in total. The summed E-state index contributed by atoms with van der Waals surface area (Å²) in [6.07, 6.45) is 0.979. The van der Waals surface area contributed by atoms with E-state index in [2.05, 4.69) is 36.3 Å². The van der Waals surface area contributed by atoms with Crippen molar-refractivity contribution in [1.82, 2.24) is 10.3 Å². The van der Waals surface area contributed by atoms with Gasteiger partial charge in [-0.15, -0.1) is 0 Å². The van der Waals surface area contributed by atoms with Crippen molar-refractivity contribution in [2.75, 3.05) is 13.6 Å². The first-order valence-electron chi connectivity index (χ1n) is 4.83. The molecule has 1 saturated heterocycles. The first kappa shape index (κ1) is 11.4. The maximum absolute atomic E-state index is 5.32. The van der Waals surface area contributed by atoms with Crippen LogP contribution in [-0.2, 0) is 0 Å². The van der Waals surface area contributed by atoms with Crippen molar-refractivity contribution in [1.29, 1.82) is 0 Å². The molecule has 0 aromatic rings. The lowest BCUT2D eigenvalue weighted by molar-refractivity contribution is 0.225. The highest BCUT2D eigenvalue weighted by Gasteiger charge is 2.25. The van der Waals surface area contributed by atoms with Crippen molar-refractivity contribution in [2.45, 2.75) is 26.3 Å². The minimum absolute atomic E-state index is 0.233. The average Bonchev–Trinajstić information content (AvgIpc) is 2.09. The van der Waals surface area contributed by atoms with Crippen molar-refractivity contribution in [3.05, 3.63) is 0 Å². The molecule has 1 fully saturated rings. The number of likely N-dealkylation sites (tertiary alicyclic amines) is 1. The van der Waals surface area contributed by atoms with E-state index in [-0.39, 0.29) is 5.11 Å². The Morgan fingerprint density at radius 3 is 2.86 bits per heavy atom. The van der Waals surface area contributed by atoms with Gasteiger partial charge in [-0.05, 0) is 26.2 Å². The van der Waals surface area contributed by atoms with Gasteiger partial charge in [0.25, 0.3) is 0 Å². The highest BCUT2D eigenvalue weighted by Crippen LogP contribution is 2.17. The topological polar surface area (TPSA) is 53.6 Å². The maximum atomic E-state index is 5.32. The van der Waals surface area contributed by atoms with Gasteiger partial charge in [0.1, 0.15) is 0 Å². The molecule has 5 heteroatoms. The number of hydrogen-bond donors (Lipinski definition) is 2. The molecular formula is C9H18N4S. The van der Waals surface area contributed by atoms with E-state index >= 15 is 0 Å². The van der Waals surface area contributed by atoms with Crippen LogP contribution in [0.2, 0.25) is 0 Å². The van der Waals surface area contributed by atoms with E-state index < -0.39 is 0 Å². The van der Waals surface area contributed by atoms with Gasteiger partial charge in [0.2, 0.25) is 0 Å². The quantitative estimate of drug-likeness (QED) is 0.494. The SMILES string of the molecule is C[C@@H]1C/C(=N/NC(N)=S)[C@@H](C)CN1C. The zero-order valence-electron chi connectivity index (χ0n) is 8.95. The van der Waals surface area contributed by atoms with Crippen LogP contribution in [0.15, 0.2) is 5.10 Å². The standard InChI is InChI=1S/C9H18N4S/c1-6-5-13(3)7(2)4-8(6)11-12-9(10)14/h6-7H,4-5H2,1-3H3,(H3,10,12,14)/b11-8-/t6-,7+/m0/s1. The molecule has 0 radical (unpaired) electrons. The molecule has 0 unspecified atom stereocenters. The third-order valence-electron chi connectivity index (χ3n) is 2.70. The summed E-state index contributed by atoms with van der Waals surface area (Å²) in [7, 11) is 2.14. The lowest BCUT2D eigenvalue weighted by atomic mass is 9.93. The monoisotopic (exact) mass is 214 g/mol. The van der Waals surface area contributed by atoms with Crippen LogP contribution in [0.5, 0.6) is 0 Å². The summed E-state index contributed by atoms with van der Waals surface area (Å²) in [6, 6.07) is 0.540. The summed E-state index contributed by atoms with van der Waals surface area (Å²) in [5.74, 6) is 0.470. The molecule has 4 nitrogen and oxygen atoms in total. The molecule has 0 spiro atoms. The van der Waals surface area contributed by atoms with Crippen LogP contribution < -0.4 is 11.2 Å². The molecule has 2 atom stereocenters. The average molecular weight is 214 g/mol. The molecule has 0 aromatic carbocycles. The Hall–Kier alpha value is -0.680. The number of rotatable bonds is 1. The molecule has 80 valence electrons. The molecule has 0 saturated carbocycles. The van der Waals surface area contributed by atoms with E-state index in [9.17, 15) is 0 Å². The van der Waals surface area contributed by atoms with E-state index in [1.54, 1.807) is 0 Å². The molecule has 0 aromatic heterocycles. The van der Waals surface area contributed by atoms with Crippen molar-refractivity contribution < 1.29 is 0 Å². The molecular weight excluding hydrogens is 196 g/mol. The first-order valence-corrected chi connectivity index (χ1v) is 5.23. The van der Waals surface area contributed by atoms with Gasteiger partial charge in [-0.25, -0.2) is 0 Å². The molecule has 1 aliphatic rings. The van der Waals surface area contributed by atoms with Crippen LogP contribution in [0.3, 0.4) is 0 Å². The normalized spacial score (nSPS) is 31.8. The Kier molecular flexibility index (Phi) is 3.83. The third-order valence-corrected chi connectivity index (χ3v) is 2.79. The number of hydrogen-bond acceptors (Lipinski definition) is 3. The van der Waals surface area contributed by atoms with Gasteiger partial charge < -0.3 is 10.6 Å². The molecule has 14 heavy (non-hydrogen) atoms. The zero-order valence-corrected chi connectivity index (χ0v) is 9.77. The van der Waals surface area contributed by atoms with Gasteiger partial charge in [0.05, 0.1) is 0 Å². The summed E-state index contributed by atoms with van der Waals surface area (Å²) in [4.78, 5) is 2.34. The Morgan fingerprint density at radius 1 is 1.64 bits per heavy atom. The van der Waals surface area contributed by atoms with Crippen LogP contribution >= 0.6 is 12.2 Å². The smallest absolute Gasteiger partial charge is 0.184 e. The number of piperidine rings is 1. The van der Waals surface area contributed by atoms with Crippen LogP contribution in [0.4, 0.5) is 0 Å². The fourth-order valence-electron chi connectivity index (χ4n) is 1.66. The molecule has 1 rings (SSSR count). The fraction of sp³-hybridized carbons (Fsp3) is 0.778. The maximum Gasteiger partial charge on any atom is 0.184 e. The third kappa shape index (κ3) is 2.92. The lowest BCUT2D eigenvalue weighted by Gasteiger charge is -2.34. The van der Waals surface area contributed by atoms with E-state index in [0.29, 0.717) is 12.0 Å². The van der Waals surface area contributed by atoms with Crippen LogP contribution in [0, 0.1) is 5.92 Å². The van der Waals surface area contributed by atoms with Gasteiger partial charge >= 0.3 is 0 Å². The van der Waals surface area contributed by atoms with Gasteiger partial charge in [0.15, 0.2) is 5.11 Å². The second kappa shape index (κ2) is 4.70. The highest BCUT2D eigenvalue weighted by atomic mass is 32.1. The van der Waals surface area contributed by atoms with E-state index in [1.807, 2.05) is 0 Å².